The number of benzene rings is 1. The van der Waals surface area contributed by atoms with Crippen LogP contribution in [0.2, 0.25) is 0 Å². The number of carbonyl (C=O) groups excluding carboxylic acids is 1. The van der Waals surface area contributed by atoms with Crippen molar-refractivity contribution >= 4 is 17.4 Å². The van der Waals surface area contributed by atoms with Gasteiger partial charge in [-0.05, 0) is 30.9 Å². The van der Waals surface area contributed by atoms with Gasteiger partial charge in [0, 0.05) is 24.6 Å². The van der Waals surface area contributed by atoms with E-state index in [9.17, 15) is 4.79 Å². The maximum atomic E-state index is 12.8. The van der Waals surface area contributed by atoms with Gasteiger partial charge in [0.05, 0.1) is 0 Å². The van der Waals surface area contributed by atoms with Crippen LogP contribution in [0.5, 0.6) is 0 Å². The minimum atomic E-state index is -0.182. The molecule has 1 amide bonds. The summed E-state index contributed by atoms with van der Waals surface area (Å²) in [6.07, 6.45) is 6.58. The van der Waals surface area contributed by atoms with Crippen LogP contribution in [-0.2, 0) is 0 Å². The second kappa shape index (κ2) is 5.91. The average molecular weight is 282 g/mol. The summed E-state index contributed by atoms with van der Waals surface area (Å²) in [6, 6.07) is 9.66. The number of rotatable bonds is 4. The summed E-state index contributed by atoms with van der Waals surface area (Å²) >= 11 is 0. The Morgan fingerprint density at radius 3 is 2.52 bits per heavy atom. The van der Waals surface area contributed by atoms with Crippen LogP contribution in [0, 0.1) is 5.92 Å². The molecule has 3 rings (SSSR count). The monoisotopic (exact) mass is 282 g/mol. The van der Waals surface area contributed by atoms with Crippen molar-refractivity contribution in [3.8, 4) is 0 Å². The minimum Gasteiger partial charge on any atom is -0.382 e. The van der Waals surface area contributed by atoms with E-state index in [4.69, 9.17) is 5.73 Å². The SMILES string of the molecule is Nc1nccnc1C(=O)N(CC1CCC1)c1ccccc1. The summed E-state index contributed by atoms with van der Waals surface area (Å²) in [5.41, 5.74) is 6.89. The number of hydrogen-bond donors (Lipinski definition) is 1. The van der Waals surface area contributed by atoms with E-state index in [1.165, 1.54) is 31.7 Å². The van der Waals surface area contributed by atoms with Crippen LogP contribution in [0.4, 0.5) is 11.5 Å². The van der Waals surface area contributed by atoms with Crippen LogP contribution in [0.3, 0.4) is 0 Å². The van der Waals surface area contributed by atoms with Crippen LogP contribution < -0.4 is 10.6 Å². The first kappa shape index (κ1) is 13.5. The number of nitrogen functional groups attached to an aromatic ring is 1. The average Bonchev–Trinajstić information content (AvgIpc) is 2.47. The molecule has 1 heterocycles. The van der Waals surface area contributed by atoms with Crippen molar-refractivity contribution in [2.45, 2.75) is 19.3 Å². The number of anilines is 2. The zero-order chi connectivity index (χ0) is 14.7. The Morgan fingerprint density at radius 2 is 1.90 bits per heavy atom. The predicted octanol–water partition coefficient (Wildman–Crippen LogP) is 2.51. The number of para-hydroxylation sites is 1. The first-order valence-electron chi connectivity index (χ1n) is 7.19. The van der Waals surface area contributed by atoms with Gasteiger partial charge in [-0.25, -0.2) is 9.97 Å². The van der Waals surface area contributed by atoms with E-state index in [0.717, 1.165) is 5.69 Å². The van der Waals surface area contributed by atoms with Crippen molar-refractivity contribution < 1.29 is 4.79 Å². The molecule has 1 aromatic carbocycles. The smallest absolute Gasteiger partial charge is 0.280 e. The standard InChI is InChI=1S/C16H18N4O/c17-15-14(18-9-10-19-15)16(21)20(11-12-5-4-6-12)13-7-2-1-3-8-13/h1-3,7-10,12H,4-6,11H2,(H2,17,19). The van der Waals surface area contributed by atoms with Crippen LogP contribution in [0.25, 0.3) is 0 Å². The summed E-state index contributed by atoms with van der Waals surface area (Å²) < 4.78 is 0. The van der Waals surface area contributed by atoms with Gasteiger partial charge in [-0.2, -0.15) is 0 Å². The van der Waals surface area contributed by atoms with Crippen molar-refractivity contribution in [2.75, 3.05) is 17.2 Å². The number of nitrogens with two attached hydrogens (primary N) is 1. The van der Waals surface area contributed by atoms with Crippen molar-refractivity contribution in [1.29, 1.82) is 0 Å². The molecule has 0 bridgehead atoms. The first-order valence-corrected chi connectivity index (χ1v) is 7.19. The van der Waals surface area contributed by atoms with Gasteiger partial charge in [-0.3, -0.25) is 4.79 Å². The highest BCUT2D eigenvalue weighted by molar-refractivity contribution is 6.07. The fraction of sp³-hybridized carbons (Fsp3) is 0.312. The second-order valence-electron chi connectivity index (χ2n) is 5.34. The molecule has 0 radical (unpaired) electrons. The maximum Gasteiger partial charge on any atom is 0.280 e. The van der Waals surface area contributed by atoms with E-state index in [1.807, 2.05) is 30.3 Å². The van der Waals surface area contributed by atoms with Crippen LogP contribution in [0.15, 0.2) is 42.7 Å². The third-order valence-electron chi connectivity index (χ3n) is 3.91. The third kappa shape index (κ3) is 2.86. The Bertz CT molecular complexity index is 625. The van der Waals surface area contributed by atoms with Crippen LogP contribution in [-0.4, -0.2) is 22.4 Å². The third-order valence-corrected chi connectivity index (χ3v) is 3.91. The Kier molecular flexibility index (Phi) is 3.81. The lowest BCUT2D eigenvalue weighted by atomic mass is 9.85. The van der Waals surface area contributed by atoms with Crippen molar-refractivity contribution in [2.24, 2.45) is 5.92 Å². The lowest BCUT2D eigenvalue weighted by Gasteiger charge is -2.32. The highest BCUT2D eigenvalue weighted by Gasteiger charge is 2.27. The molecule has 2 N–H and O–H groups in total. The highest BCUT2D eigenvalue weighted by Crippen LogP contribution is 2.29. The summed E-state index contributed by atoms with van der Waals surface area (Å²) in [5.74, 6) is 0.558. The molecule has 0 atom stereocenters. The van der Waals surface area contributed by atoms with Gasteiger partial charge in [0.25, 0.3) is 5.91 Å². The molecule has 1 aliphatic rings. The first-order chi connectivity index (χ1) is 10.3. The van der Waals surface area contributed by atoms with Crippen molar-refractivity contribution in [3.63, 3.8) is 0 Å². The number of amides is 1. The molecule has 0 aliphatic heterocycles. The molecule has 0 spiro atoms. The highest BCUT2D eigenvalue weighted by atomic mass is 16.2. The molecular formula is C16H18N4O. The van der Waals surface area contributed by atoms with E-state index in [-0.39, 0.29) is 17.4 Å². The summed E-state index contributed by atoms with van der Waals surface area (Å²) in [4.78, 5) is 22.6. The van der Waals surface area contributed by atoms with Crippen molar-refractivity contribution in [3.05, 3.63) is 48.4 Å². The van der Waals surface area contributed by atoms with Gasteiger partial charge in [-0.15, -0.1) is 0 Å². The largest absolute Gasteiger partial charge is 0.382 e. The zero-order valence-corrected chi connectivity index (χ0v) is 11.8. The molecule has 21 heavy (non-hydrogen) atoms. The number of carbonyl (C=O) groups is 1. The van der Waals surface area contributed by atoms with Gasteiger partial charge in [0.2, 0.25) is 0 Å². The topological polar surface area (TPSA) is 72.1 Å². The predicted molar refractivity (Wildman–Crippen MR) is 81.9 cm³/mol. The molecule has 1 fully saturated rings. The normalized spacial score (nSPS) is 14.5. The van der Waals surface area contributed by atoms with Gasteiger partial charge < -0.3 is 10.6 Å². The summed E-state index contributed by atoms with van der Waals surface area (Å²) in [7, 11) is 0. The van der Waals surface area contributed by atoms with Crippen LogP contribution in [0.1, 0.15) is 29.8 Å². The molecule has 1 aromatic heterocycles. The van der Waals surface area contributed by atoms with Gasteiger partial charge in [-0.1, -0.05) is 24.6 Å². The molecule has 1 aliphatic carbocycles. The fourth-order valence-corrected chi connectivity index (χ4v) is 2.49. The van der Waals surface area contributed by atoms with Gasteiger partial charge >= 0.3 is 0 Å². The van der Waals surface area contributed by atoms with Crippen molar-refractivity contribution in [1.82, 2.24) is 9.97 Å². The Labute approximate surface area is 123 Å². The van der Waals surface area contributed by atoms with Gasteiger partial charge in [0.15, 0.2) is 11.5 Å². The lowest BCUT2D eigenvalue weighted by molar-refractivity contribution is 0.0973. The van der Waals surface area contributed by atoms with E-state index in [1.54, 1.807) is 4.90 Å². The van der Waals surface area contributed by atoms with E-state index < -0.39 is 0 Å². The van der Waals surface area contributed by atoms with Gasteiger partial charge in [0.1, 0.15) is 0 Å². The molecular weight excluding hydrogens is 264 g/mol. The summed E-state index contributed by atoms with van der Waals surface area (Å²) in [6.45, 7) is 0.707. The maximum absolute atomic E-state index is 12.8. The molecule has 2 aromatic rings. The number of nitrogens with zero attached hydrogens (tertiary/aromatic N) is 3. The zero-order valence-electron chi connectivity index (χ0n) is 11.8. The summed E-state index contributed by atoms with van der Waals surface area (Å²) in [5, 5.41) is 0. The molecule has 108 valence electrons. The molecule has 1 saturated carbocycles. The van der Waals surface area contributed by atoms with E-state index >= 15 is 0 Å². The molecule has 5 nitrogen and oxygen atoms in total. The van der Waals surface area contributed by atoms with E-state index in [2.05, 4.69) is 9.97 Å². The quantitative estimate of drug-likeness (QED) is 0.935. The Hall–Kier alpha value is -2.43. The molecule has 0 unspecified atom stereocenters. The Morgan fingerprint density at radius 1 is 1.19 bits per heavy atom. The molecule has 5 heteroatoms. The van der Waals surface area contributed by atoms with E-state index in [0.29, 0.717) is 12.5 Å². The minimum absolute atomic E-state index is 0.178. The number of hydrogen-bond acceptors (Lipinski definition) is 4. The lowest BCUT2D eigenvalue weighted by Crippen LogP contribution is -2.38. The fourth-order valence-electron chi connectivity index (χ4n) is 2.49. The number of aromatic nitrogens is 2. The Balaban J connectivity index is 1.91. The van der Waals surface area contributed by atoms with Crippen LogP contribution >= 0.6 is 0 Å². The molecule has 0 saturated heterocycles. The second-order valence-corrected chi connectivity index (χ2v) is 5.34.